The van der Waals surface area contributed by atoms with Gasteiger partial charge in [-0.2, -0.15) is 0 Å². The van der Waals surface area contributed by atoms with Crippen LogP contribution in [0.2, 0.25) is 0 Å². The molecule has 1 unspecified atom stereocenters. The molecule has 0 spiro atoms. The van der Waals surface area contributed by atoms with Gasteiger partial charge in [0.15, 0.2) is 17.9 Å². The van der Waals surface area contributed by atoms with Crippen molar-refractivity contribution < 1.29 is 28.2 Å². The van der Waals surface area contributed by atoms with E-state index >= 15 is 0 Å². The lowest BCUT2D eigenvalue weighted by atomic mass is 9.86. The molecule has 3 aromatic carbocycles. The average Bonchev–Trinajstić information content (AvgIpc) is 3.58. The van der Waals surface area contributed by atoms with E-state index in [0.29, 0.717) is 19.6 Å². The van der Waals surface area contributed by atoms with Gasteiger partial charge in [0.2, 0.25) is 6.41 Å². The number of nitrogens with one attached hydrogen (secondary N) is 1. The van der Waals surface area contributed by atoms with Gasteiger partial charge in [0.25, 0.3) is 0 Å². The van der Waals surface area contributed by atoms with Crippen LogP contribution in [0.25, 0.3) is 0 Å². The number of aromatic nitrogens is 1. The van der Waals surface area contributed by atoms with Gasteiger partial charge in [-0.3, -0.25) is 9.69 Å². The maximum absolute atomic E-state index is 9.73. The standard InChI is InChI=1S/C30H37NO4.C5H6N2O2/c1-7-22-9-8-21(17-27(22)33-5)13-15-35-29-19-26-23(18-28(29)34-6)12-14-31(3)30(26)25-11-10-24(32-4)16-20(25)2;8-3-6-1-5-2-9-4-7-5/h8-11,16-19,30H,7,12-15H2,1-6H3;2-4H,1H2,(H,6,8). The Morgan fingerprint density at radius 2 is 1.82 bits per heavy atom. The SMILES string of the molecule is CCc1ccc(CCOc2cc3c(cc2OC)CCN(C)C3c2ccc(OC)cc2C)cc1OC.O=CNCc1cocn1. The van der Waals surface area contributed by atoms with E-state index in [1.165, 1.54) is 46.0 Å². The number of amides is 1. The Labute approximate surface area is 260 Å². The highest BCUT2D eigenvalue weighted by molar-refractivity contribution is 5.53. The zero-order chi connectivity index (χ0) is 31.5. The number of carbonyl (C=O) groups excluding carboxylic acids is 1. The molecule has 1 N–H and O–H groups in total. The van der Waals surface area contributed by atoms with Crippen molar-refractivity contribution in [1.82, 2.24) is 15.2 Å². The second-order valence-electron chi connectivity index (χ2n) is 10.6. The Kier molecular flexibility index (Phi) is 11.7. The number of methoxy groups -OCH3 is 3. The first-order valence-electron chi connectivity index (χ1n) is 14.8. The van der Waals surface area contributed by atoms with Crippen LogP contribution in [-0.2, 0) is 30.6 Å². The number of oxazole rings is 1. The third kappa shape index (κ3) is 7.90. The highest BCUT2D eigenvalue weighted by Crippen LogP contribution is 2.41. The first-order chi connectivity index (χ1) is 21.4. The molecule has 1 aromatic heterocycles. The normalized spacial score (nSPS) is 14.1. The van der Waals surface area contributed by atoms with Crippen LogP contribution in [0.4, 0.5) is 0 Å². The van der Waals surface area contributed by atoms with Crippen LogP contribution < -0.4 is 24.3 Å². The summed E-state index contributed by atoms with van der Waals surface area (Å²) in [5.41, 5.74) is 8.23. The highest BCUT2D eigenvalue weighted by atomic mass is 16.5. The topological polar surface area (TPSA) is 95.3 Å². The molecule has 0 aliphatic carbocycles. The molecule has 0 radical (unpaired) electrons. The summed E-state index contributed by atoms with van der Waals surface area (Å²) >= 11 is 0. The van der Waals surface area contributed by atoms with Gasteiger partial charge in [-0.05, 0) is 90.5 Å². The molecule has 5 rings (SSSR count). The van der Waals surface area contributed by atoms with E-state index in [-0.39, 0.29) is 6.04 Å². The number of nitrogens with zero attached hydrogens (tertiary/aromatic N) is 2. The molecule has 44 heavy (non-hydrogen) atoms. The van der Waals surface area contributed by atoms with Crippen molar-refractivity contribution in [3.63, 3.8) is 0 Å². The Hall–Kier alpha value is -4.50. The van der Waals surface area contributed by atoms with E-state index < -0.39 is 0 Å². The fraction of sp³-hybridized carbons (Fsp3) is 0.371. The molecular formula is C35H43N3O6. The van der Waals surface area contributed by atoms with Crippen molar-refractivity contribution >= 4 is 6.41 Å². The van der Waals surface area contributed by atoms with E-state index in [4.69, 9.17) is 18.9 Å². The number of fused-ring (bicyclic) bond motifs is 1. The van der Waals surface area contributed by atoms with Crippen LogP contribution in [-0.4, -0.2) is 57.8 Å². The average molecular weight is 602 g/mol. The maximum atomic E-state index is 9.73. The summed E-state index contributed by atoms with van der Waals surface area (Å²) in [6.45, 7) is 6.27. The van der Waals surface area contributed by atoms with Gasteiger partial charge in [0.1, 0.15) is 17.8 Å². The van der Waals surface area contributed by atoms with Gasteiger partial charge in [0, 0.05) is 13.0 Å². The Bertz CT molecular complexity index is 1500. The predicted octanol–water partition coefficient (Wildman–Crippen LogP) is 5.70. The van der Waals surface area contributed by atoms with E-state index in [0.717, 1.165) is 54.5 Å². The van der Waals surface area contributed by atoms with Crippen LogP contribution in [0.1, 0.15) is 52.0 Å². The first-order valence-corrected chi connectivity index (χ1v) is 14.8. The Balaban J connectivity index is 0.000000421. The summed E-state index contributed by atoms with van der Waals surface area (Å²) in [6, 6.07) is 17.2. The molecule has 9 heteroatoms. The van der Waals surface area contributed by atoms with E-state index in [2.05, 4.69) is 83.0 Å². The lowest BCUT2D eigenvalue weighted by Crippen LogP contribution is -2.33. The molecule has 234 valence electrons. The monoisotopic (exact) mass is 601 g/mol. The highest BCUT2D eigenvalue weighted by Gasteiger charge is 2.29. The minimum atomic E-state index is 0.156. The van der Waals surface area contributed by atoms with Crippen molar-refractivity contribution in [1.29, 1.82) is 0 Å². The molecule has 1 amide bonds. The Morgan fingerprint density at radius 3 is 2.48 bits per heavy atom. The Morgan fingerprint density at radius 1 is 1.00 bits per heavy atom. The number of ether oxygens (including phenoxy) is 4. The summed E-state index contributed by atoms with van der Waals surface area (Å²) in [4.78, 5) is 15.9. The van der Waals surface area contributed by atoms with Gasteiger partial charge in [-0.15, -0.1) is 0 Å². The predicted molar refractivity (Wildman–Crippen MR) is 170 cm³/mol. The fourth-order valence-electron chi connectivity index (χ4n) is 5.50. The molecule has 1 aliphatic rings. The van der Waals surface area contributed by atoms with E-state index in [1.54, 1.807) is 21.3 Å². The number of aryl methyl sites for hydroxylation is 2. The maximum Gasteiger partial charge on any atom is 0.207 e. The molecule has 1 aliphatic heterocycles. The quantitative estimate of drug-likeness (QED) is 0.207. The van der Waals surface area contributed by atoms with Crippen LogP contribution in [0.3, 0.4) is 0 Å². The van der Waals surface area contributed by atoms with E-state index in [9.17, 15) is 4.79 Å². The third-order valence-corrected chi connectivity index (χ3v) is 7.90. The van der Waals surface area contributed by atoms with Crippen molar-refractivity contribution in [3.05, 3.63) is 100 Å². The summed E-state index contributed by atoms with van der Waals surface area (Å²) in [5, 5.41) is 2.45. The molecule has 0 bridgehead atoms. The van der Waals surface area contributed by atoms with Crippen LogP contribution in [0.5, 0.6) is 23.0 Å². The van der Waals surface area contributed by atoms with Gasteiger partial charge in [-0.25, -0.2) is 4.98 Å². The number of hydrogen-bond acceptors (Lipinski definition) is 8. The zero-order valence-electron chi connectivity index (χ0n) is 26.5. The van der Waals surface area contributed by atoms with E-state index in [1.807, 2.05) is 6.07 Å². The van der Waals surface area contributed by atoms with Crippen LogP contribution in [0.15, 0.2) is 65.6 Å². The largest absolute Gasteiger partial charge is 0.497 e. The molecule has 0 saturated heterocycles. The molecule has 0 fully saturated rings. The van der Waals surface area contributed by atoms with Crippen molar-refractivity contribution in [3.8, 4) is 23.0 Å². The number of hydrogen-bond donors (Lipinski definition) is 1. The fourth-order valence-corrected chi connectivity index (χ4v) is 5.50. The van der Waals surface area contributed by atoms with Crippen molar-refractivity contribution in [2.75, 3.05) is 41.5 Å². The molecule has 1 atom stereocenters. The molecule has 0 saturated carbocycles. The lowest BCUT2D eigenvalue weighted by molar-refractivity contribution is -0.109. The van der Waals surface area contributed by atoms with Gasteiger partial charge in [-0.1, -0.05) is 25.1 Å². The van der Waals surface area contributed by atoms with Gasteiger partial charge in [0.05, 0.1) is 46.2 Å². The second kappa shape index (κ2) is 15.8. The minimum Gasteiger partial charge on any atom is -0.497 e. The van der Waals surface area contributed by atoms with Crippen molar-refractivity contribution in [2.45, 2.75) is 45.7 Å². The molecule has 4 aromatic rings. The van der Waals surface area contributed by atoms with Crippen LogP contribution >= 0.6 is 0 Å². The lowest BCUT2D eigenvalue weighted by Gasteiger charge is -2.36. The zero-order valence-corrected chi connectivity index (χ0v) is 26.5. The summed E-state index contributed by atoms with van der Waals surface area (Å²) in [7, 11) is 7.34. The molecule has 9 nitrogen and oxygen atoms in total. The van der Waals surface area contributed by atoms with Crippen LogP contribution in [0, 0.1) is 6.92 Å². The molecule has 2 heterocycles. The number of carbonyl (C=O) groups is 1. The second-order valence-corrected chi connectivity index (χ2v) is 10.6. The number of benzene rings is 3. The first kappa shape index (κ1) is 32.4. The summed E-state index contributed by atoms with van der Waals surface area (Å²) in [5.74, 6) is 3.40. The third-order valence-electron chi connectivity index (χ3n) is 7.90. The molecular weight excluding hydrogens is 558 g/mol. The number of likely N-dealkylation sites (N-methyl/N-ethyl adjacent to an activating group) is 1. The smallest absolute Gasteiger partial charge is 0.207 e. The van der Waals surface area contributed by atoms with Crippen molar-refractivity contribution in [2.24, 2.45) is 0 Å². The summed E-state index contributed by atoms with van der Waals surface area (Å²) < 4.78 is 27.7. The van der Waals surface area contributed by atoms with Gasteiger partial charge >= 0.3 is 0 Å². The minimum absolute atomic E-state index is 0.156. The summed E-state index contributed by atoms with van der Waals surface area (Å²) in [6.07, 6.45) is 6.15. The number of rotatable bonds is 12. The van der Waals surface area contributed by atoms with Gasteiger partial charge < -0.3 is 28.7 Å².